The first kappa shape index (κ1) is 27.3. The van der Waals surface area contributed by atoms with Crippen LogP contribution in [0.25, 0.3) is 5.57 Å². The van der Waals surface area contributed by atoms with Crippen LogP contribution in [-0.2, 0) is 4.74 Å². The van der Waals surface area contributed by atoms with Crippen molar-refractivity contribution in [3.63, 3.8) is 0 Å². The Balaban J connectivity index is 2.21. The number of rotatable bonds is 8. The first-order chi connectivity index (χ1) is 18.0. The summed E-state index contributed by atoms with van der Waals surface area (Å²) in [5.74, 6) is -3.86. The average molecular weight is 652 g/mol. The summed E-state index contributed by atoms with van der Waals surface area (Å²) in [4.78, 5) is 36.2. The largest absolute Gasteiger partial charge is 0.503 e. The fourth-order valence-corrected chi connectivity index (χ4v) is 5.32. The zero-order valence-electron chi connectivity index (χ0n) is 19.9. The molecule has 0 spiro atoms. The van der Waals surface area contributed by atoms with Gasteiger partial charge in [0.05, 0.1) is 29.9 Å². The number of hydrogen-bond donors (Lipinski definition) is 4. The van der Waals surface area contributed by atoms with Crippen molar-refractivity contribution >= 4 is 55.3 Å². The molecule has 0 amide bonds. The van der Waals surface area contributed by atoms with E-state index in [1.54, 1.807) is 19.9 Å². The van der Waals surface area contributed by atoms with Crippen LogP contribution >= 0.6 is 31.9 Å². The number of allylic oxidation sites excluding steroid dienone is 2. The molecule has 0 saturated carbocycles. The highest BCUT2D eigenvalue weighted by molar-refractivity contribution is 9.11. The van der Waals surface area contributed by atoms with Crippen molar-refractivity contribution in [3.05, 3.63) is 78.1 Å². The van der Waals surface area contributed by atoms with E-state index in [0.717, 1.165) is 12.1 Å². The van der Waals surface area contributed by atoms with Crippen LogP contribution in [0.4, 0.5) is 0 Å². The lowest BCUT2D eigenvalue weighted by Crippen LogP contribution is -2.18. The van der Waals surface area contributed by atoms with Gasteiger partial charge >= 0.3 is 17.9 Å². The van der Waals surface area contributed by atoms with Gasteiger partial charge in [0, 0.05) is 27.6 Å². The molecule has 10 nitrogen and oxygen atoms in total. The van der Waals surface area contributed by atoms with Gasteiger partial charge < -0.3 is 34.6 Å². The number of aromatic carboxylic acids is 3. The van der Waals surface area contributed by atoms with Gasteiger partial charge in [-0.15, -0.1) is 0 Å². The molecule has 0 saturated heterocycles. The van der Waals surface area contributed by atoms with Crippen molar-refractivity contribution in [3.8, 4) is 17.2 Å². The Labute approximate surface area is 232 Å². The summed E-state index contributed by atoms with van der Waals surface area (Å²) in [5, 5.41) is 40.1. The third kappa shape index (κ3) is 4.65. The normalized spacial score (nSPS) is 14.3. The third-order valence-electron chi connectivity index (χ3n) is 5.78. The van der Waals surface area contributed by atoms with E-state index in [2.05, 4.69) is 31.9 Å². The average Bonchev–Trinajstić information content (AvgIpc) is 2.85. The highest BCUT2D eigenvalue weighted by Gasteiger charge is 2.36. The van der Waals surface area contributed by atoms with Gasteiger partial charge in [-0.3, -0.25) is 0 Å². The predicted molar refractivity (Wildman–Crippen MR) is 141 cm³/mol. The number of ether oxygens (including phenoxy) is 3. The van der Waals surface area contributed by atoms with Crippen LogP contribution in [-0.4, -0.2) is 51.5 Å². The van der Waals surface area contributed by atoms with E-state index < -0.39 is 34.6 Å². The van der Waals surface area contributed by atoms with Crippen molar-refractivity contribution in [2.24, 2.45) is 0 Å². The molecule has 2 aromatic carbocycles. The van der Waals surface area contributed by atoms with Gasteiger partial charge in [-0.2, -0.15) is 0 Å². The van der Waals surface area contributed by atoms with E-state index in [0.29, 0.717) is 28.8 Å². The molecule has 2 aromatic rings. The van der Waals surface area contributed by atoms with Gasteiger partial charge in [0.2, 0.25) is 0 Å². The minimum absolute atomic E-state index is 0.0635. The number of aromatic hydroxyl groups is 1. The van der Waals surface area contributed by atoms with E-state index in [1.807, 2.05) is 0 Å². The van der Waals surface area contributed by atoms with Crippen LogP contribution in [0.15, 0.2) is 50.3 Å². The van der Waals surface area contributed by atoms with Crippen molar-refractivity contribution in [1.82, 2.24) is 0 Å². The van der Waals surface area contributed by atoms with Crippen LogP contribution in [0.5, 0.6) is 17.2 Å². The lowest BCUT2D eigenvalue weighted by molar-refractivity contribution is 0.0649. The maximum absolute atomic E-state index is 12.4. The fourth-order valence-electron chi connectivity index (χ4n) is 4.26. The molecule has 0 atom stereocenters. The minimum atomic E-state index is -1.59. The standard InChI is InChI=1S/C26H20Br2O10/c1-3-36-10-5-15-19(11-7-13(25(32)33)14(26(34)35)8-12(11)24(30)31)16-9-18(37-4-2)21(29)20(28)23(16)38-22(15)17(27)6-10/h5,7-9,29H,3-4,6H2,1-2H3,(H,30,31)(H,32,33)(H,34,35). The molecular weight excluding hydrogens is 632 g/mol. The molecule has 1 aliphatic heterocycles. The van der Waals surface area contributed by atoms with Gasteiger partial charge in [-0.1, -0.05) is 15.9 Å². The number of hydrogen-bond acceptors (Lipinski definition) is 7. The molecule has 198 valence electrons. The number of carboxylic acids is 3. The molecule has 0 unspecified atom stereocenters. The second-order valence-electron chi connectivity index (χ2n) is 8.05. The van der Waals surface area contributed by atoms with E-state index in [1.165, 1.54) is 6.07 Å². The molecule has 0 radical (unpaired) electrons. The fraction of sp³-hybridized carbons (Fsp3) is 0.192. The molecule has 1 heterocycles. The summed E-state index contributed by atoms with van der Waals surface area (Å²) >= 11 is 6.83. The Morgan fingerprint density at radius 1 is 0.895 bits per heavy atom. The van der Waals surface area contributed by atoms with Crippen LogP contribution in [0.3, 0.4) is 0 Å². The predicted octanol–water partition coefficient (Wildman–Crippen LogP) is 5.77. The van der Waals surface area contributed by atoms with E-state index in [9.17, 15) is 34.8 Å². The molecule has 4 N–H and O–H groups in total. The van der Waals surface area contributed by atoms with Crippen LogP contribution < -0.4 is 9.47 Å². The summed E-state index contributed by atoms with van der Waals surface area (Å²) in [6.45, 7) is 4.07. The monoisotopic (exact) mass is 650 g/mol. The zero-order chi connectivity index (χ0) is 27.9. The molecule has 4 rings (SSSR count). The molecule has 12 heteroatoms. The van der Waals surface area contributed by atoms with Crippen LogP contribution in [0.1, 0.15) is 62.5 Å². The Morgan fingerprint density at radius 2 is 1.50 bits per heavy atom. The number of halogens is 2. The number of phenols is 1. The van der Waals surface area contributed by atoms with Crippen molar-refractivity contribution < 1.29 is 49.0 Å². The molecule has 38 heavy (non-hydrogen) atoms. The highest BCUT2D eigenvalue weighted by Crippen LogP contribution is 2.54. The molecule has 0 bridgehead atoms. The first-order valence-electron chi connectivity index (χ1n) is 11.2. The Hall–Kier alpha value is -3.77. The maximum atomic E-state index is 12.4. The van der Waals surface area contributed by atoms with Crippen molar-refractivity contribution in [2.45, 2.75) is 20.3 Å². The quantitative estimate of drug-likeness (QED) is 0.276. The number of phenolic OH excluding ortho intramolecular Hbond substituents is 1. The van der Waals surface area contributed by atoms with Gasteiger partial charge in [-0.25, -0.2) is 14.4 Å². The Bertz CT molecular complexity index is 1500. The smallest absolute Gasteiger partial charge is 0.336 e. The summed E-state index contributed by atoms with van der Waals surface area (Å²) < 4.78 is 18.1. The van der Waals surface area contributed by atoms with Gasteiger partial charge in [0.1, 0.15) is 16.0 Å². The molecule has 0 aromatic heterocycles. The molecule has 1 aliphatic carbocycles. The summed E-state index contributed by atoms with van der Waals surface area (Å²) in [7, 11) is 0. The van der Waals surface area contributed by atoms with E-state index >= 15 is 0 Å². The van der Waals surface area contributed by atoms with Crippen LogP contribution in [0.2, 0.25) is 0 Å². The molecular formula is C26H20Br2O10. The highest BCUT2D eigenvalue weighted by atomic mass is 79.9. The Kier molecular flexibility index (Phi) is 7.56. The minimum Gasteiger partial charge on any atom is -0.503 e. The lowest BCUT2D eigenvalue weighted by Gasteiger charge is -2.31. The topological polar surface area (TPSA) is 160 Å². The summed E-state index contributed by atoms with van der Waals surface area (Å²) in [6, 6.07) is 3.29. The number of benzene rings is 2. The van der Waals surface area contributed by atoms with Crippen molar-refractivity contribution in [2.75, 3.05) is 13.2 Å². The zero-order valence-corrected chi connectivity index (χ0v) is 23.1. The SMILES string of the molecule is CCOC1=CC2=C(c3cc(C(=O)O)c(C(=O)O)cc3C(=O)O)c3cc(OCC)c(O)c(Br)c3OC2=C(Br)C1. The van der Waals surface area contributed by atoms with Gasteiger partial charge in [-0.05, 0) is 59.6 Å². The third-order valence-corrected chi connectivity index (χ3v) is 7.15. The first-order valence-corrected chi connectivity index (χ1v) is 12.8. The second kappa shape index (κ2) is 10.5. The second-order valence-corrected chi connectivity index (χ2v) is 9.80. The van der Waals surface area contributed by atoms with E-state index in [-0.39, 0.29) is 50.8 Å². The molecule has 2 aliphatic rings. The number of carboxylic acid groups (broad SMARTS) is 3. The number of carbonyl (C=O) groups is 3. The summed E-state index contributed by atoms with van der Waals surface area (Å²) in [5.41, 5.74) is -0.952. The number of fused-ring (bicyclic) bond motifs is 2. The lowest BCUT2D eigenvalue weighted by atomic mass is 9.83. The van der Waals surface area contributed by atoms with Gasteiger partial charge in [0.15, 0.2) is 17.2 Å². The molecule has 0 fully saturated rings. The Morgan fingerprint density at radius 3 is 2.08 bits per heavy atom. The van der Waals surface area contributed by atoms with Crippen molar-refractivity contribution in [1.29, 1.82) is 0 Å². The van der Waals surface area contributed by atoms with E-state index in [4.69, 9.17) is 14.2 Å². The summed E-state index contributed by atoms with van der Waals surface area (Å²) in [6.07, 6.45) is 1.97. The maximum Gasteiger partial charge on any atom is 0.336 e. The van der Waals surface area contributed by atoms with Crippen LogP contribution in [0, 0.1) is 0 Å². The van der Waals surface area contributed by atoms with Gasteiger partial charge in [0.25, 0.3) is 0 Å².